The van der Waals surface area contributed by atoms with Gasteiger partial charge >= 0.3 is 0 Å². The second-order valence-electron chi connectivity index (χ2n) is 7.57. The Morgan fingerprint density at radius 1 is 1.16 bits per heavy atom. The fourth-order valence-corrected chi connectivity index (χ4v) is 3.29. The zero-order valence-electron chi connectivity index (χ0n) is 15.3. The number of nitrogens with zero attached hydrogens (tertiary/aromatic N) is 5. The number of fused-ring (bicyclic) bond motifs is 2. The topological polar surface area (TPSA) is 68.0 Å². The summed E-state index contributed by atoms with van der Waals surface area (Å²) in [7, 11) is 0. The van der Waals surface area contributed by atoms with Crippen LogP contribution in [0.3, 0.4) is 0 Å². The number of pyridine rings is 1. The molecule has 3 aromatic heterocycles. The highest BCUT2D eigenvalue weighted by atomic mass is 15.3. The monoisotopic (exact) mass is 336 g/mol. The van der Waals surface area contributed by atoms with Gasteiger partial charge < -0.3 is 5.32 Å². The predicted octanol–water partition coefficient (Wildman–Crippen LogP) is 3.06. The van der Waals surface area contributed by atoms with Crippen LogP contribution in [-0.4, -0.2) is 30.1 Å². The quantitative estimate of drug-likeness (QED) is 0.796. The summed E-state index contributed by atoms with van der Waals surface area (Å²) in [6.45, 7) is 8.41. The fourth-order valence-electron chi connectivity index (χ4n) is 3.29. The van der Waals surface area contributed by atoms with E-state index in [1.165, 1.54) is 5.56 Å². The molecule has 0 fully saturated rings. The third-order valence-corrected chi connectivity index (χ3v) is 4.87. The Bertz CT molecular complexity index is 901. The molecule has 4 heterocycles. The van der Waals surface area contributed by atoms with Gasteiger partial charge in [-0.15, -0.1) is 0 Å². The molecule has 0 saturated carbocycles. The van der Waals surface area contributed by atoms with Crippen molar-refractivity contribution >= 4 is 11.5 Å². The van der Waals surface area contributed by atoms with E-state index >= 15 is 0 Å². The molecule has 0 aliphatic carbocycles. The molecule has 1 N–H and O–H groups in total. The molecule has 0 unspecified atom stereocenters. The fraction of sp³-hybridized carbons (Fsp3) is 0.474. The van der Waals surface area contributed by atoms with Crippen LogP contribution in [0.2, 0.25) is 0 Å². The molecule has 4 rings (SSSR count). The van der Waals surface area contributed by atoms with Crippen LogP contribution in [0.5, 0.6) is 0 Å². The maximum atomic E-state index is 4.83. The second kappa shape index (κ2) is 5.79. The lowest BCUT2D eigenvalue weighted by molar-refractivity contribution is 0.498. The Kier molecular flexibility index (Phi) is 3.71. The standard InChI is InChI=1S/C19H24N6/c1-12-11-20-13(2)18-22-16(24-25(12)18)8-7-15-6-5-14-9-10-19(3,4)23-17(14)21-15/h5-6,11H,7-10H2,1-4H3,(H,21,23). The minimum atomic E-state index is 0.115. The van der Waals surface area contributed by atoms with E-state index in [4.69, 9.17) is 4.98 Å². The van der Waals surface area contributed by atoms with Crippen molar-refractivity contribution in [3.63, 3.8) is 0 Å². The molecule has 0 aromatic carbocycles. The first-order valence-electron chi connectivity index (χ1n) is 8.86. The highest BCUT2D eigenvalue weighted by molar-refractivity contribution is 5.49. The van der Waals surface area contributed by atoms with Crippen molar-refractivity contribution in [2.24, 2.45) is 0 Å². The number of hydrogen-bond acceptors (Lipinski definition) is 5. The van der Waals surface area contributed by atoms with Gasteiger partial charge in [0.1, 0.15) is 5.82 Å². The molecule has 3 aromatic rings. The SMILES string of the molecule is Cc1ncc(C)n2nc(CCc3ccc4c(n3)NC(C)(C)CC4)nc12. The van der Waals surface area contributed by atoms with Crippen molar-refractivity contribution in [1.82, 2.24) is 24.6 Å². The van der Waals surface area contributed by atoms with E-state index in [1.54, 1.807) is 0 Å². The number of rotatable bonds is 3. The summed E-state index contributed by atoms with van der Waals surface area (Å²) in [6.07, 6.45) is 5.66. The average Bonchev–Trinajstić information content (AvgIpc) is 3.01. The Labute approximate surface area is 147 Å². The van der Waals surface area contributed by atoms with Gasteiger partial charge in [0.15, 0.2) is 11.5 Å². The minimum absolute atomic E-state index is 0.115. The van der Waals surface area contributed by atoms with Crippen molar-refractivity contribution in [3.8, 4) is 0 Å². The molecule has 0 saturated heterocycles. The van der Waals surface area contributed by atoms with Crippen LogP contribution in [0.4, 0.5) is 5.82 Å². The molecule has 1 aliphatic heterocycles. The van der Waals surface area contributed by atoms with Gasteiger partial charge in [-0.25, -0.2) is 14.5 Å². The second-order valence-corrected chi connectivity index (χ2v) is 7.57. The van der Waals surface area contributed by atoms with Crippen LogP contribution in [0.1, 0.15) is 48.7 Å². The zero-order valence-corrected chi connectivity index (χ0v) is 15.3. The summed E-state index contributed by atoms with van der Waals surface area (Å²) in [5, 5.41) is 8.18. The molecule has 6 heteroatoms. The number of aryl methyl sites for hydroxylation is 5. The van der Waals surface area contributed by atoms with E-state index in [0.29, 0.717) is 0 Å². The van der Waals surface area contributed by atoms with E-state index in [0.717, 1.165) is 60.1 Å². The third kappa shape index (κ3) is 3.08. The van der Waals surface area contributed by atoms with E-state index < -0.39 is 0 Å². The van der Waals surface area contributed by atoms with Gasteiger partial charge in [-0.3, -0.25) is 4.98 Å². The van der Waals surface area contributed by atoms with Crippen LogP contribution in [0, 0.1) is 13.8 Å². The van der Waals surface area contributed by atoms with E-state index in [9.17, 15) is 0 Å². The van der Waals surface area contributed by atoms with E-state index in [-0.39, 0.29) is 5.54 Å². The molecule has 0 amide bonds. The molecular formula is C19H24N6. The summed E-state index contributed by atoms with van der Waals surface area (Å²) in [5.74, 6) is 1.87. The van der Waals surface area contributed by atoms with Gasteiger partial charge in [-0.2, -0.15) is 5.10 Å². The summed E-state index contributed by atoms with van der Waals surface area (Å²) in [5.41, 5.74) is 5.25. The Hall–Kier alpha value is -2.50. The molecule has 0 atom stereocenters. The van der Waals surface area contributed by atoms with Crippen molar-refractivity contribution < 1.29 is 0 Å². The molecule has 0 bridgehead atoms. The van der Waals surface area contributed by atoms with Crippen LogP contribution < -0.4 is 5.32 Å². The van der Waals surface area contributed by atoms with Crippen LogP contribution >= 0.6 is 0 Å². The summed E-state index contributed by atoms with van der Waals surface area (Å²) in [6, 6.07) is 4.34. The van der Waals surface area contributed by atoms with Gasteiger partial charge in [0, 0.05) is 23.9 Å². The van der Waals surface area contributed by atoms with Crippen LogP contribution in [0.25, 0.3) is 5.65 Å². The highest BCUT2D eigenvalue weighted by Crippen LogP contribution is 2.29. The average molecular weight is 336 g/mol. The number of aromatic nitrogens is 5. The highest BCUT2D eigenvalue weighted by Gasteiger charge is 2.25. The maximum Gasteiger partial charge on any atom is 0.177 e. The van der Waals surface area contributed by atoms with Crippen LogP contribution in [-0.2, 0) is 19.3 Å². The van der Waals surface area contributed by atoms with Crippen LogP contribution in [0.15, 0.2) is 18.3 Å². The minimum Gasteiger partial charge on any atom is -0.365 e. The summed E-state index contributed by atoms with van der Waals surface area (Å²) < 4.78 is 1.88. The number of hydrogen-bond donors (Lipinski definition) is 1. The Morgan fingerprint density at radius 2 is 2.00 bits per heavy atom. The molecule has 1 aliphatic rings. The lowest BCUT2D eigenvalue weighted by atomic mass is 9.91. The first kappa shape index (κ1) is 16.0. The predicted molar refractivity (Wildman–Crippen MR) is 97.9 cm³/mol. The maximum absolute atomic E-state index is 4.83. The molecule has 0 spiro atoms. The van der Waals surface area contributed by atoms with Crippen molar-refractivity contribution in [2.75, 3.05) is 5.32 Å². The molecule has 6 nitrogen and oxygen atoms in total. The van der Waals surface area contributed by atoms with Gasteiger partial charge in [0.2, 0.25) is 0 Å². The summed E-state index contributed by atoms with van der Waals surface area (Å²) >= 11 is 0. The smallest absolute Gasteiger partial charge is 0.177 e. The van der Waals surface area contributed by atoms with Gasteiger partial charge in [-0.05, 0) is 58.6 Å². The van der Waals surface area contributed by atoms with Crippen molar-refractivity contribution in [1.29, 1.82) is 0 Å². The van der Waals surface area contributed by atoms with Gasteiger partial charge in [0.05, 0.1) is 11.4 Å². The van der Waals surface area contributed by atoms with Crippen molar-refractivity contribution in [2.45, 2.75) is 58.9 Å². The molecule has 25 heavy (non-hydrogen) atoms. The van der Waals surface area contributed by atoms with Crippen molar-refractivity contribution in [3.05, 3.63) is 46.8 Å². The van der Waals surface area contributed by atoms with Gasteiger partial charge in [-0.1, -0.05) is 6.07 Å². The van der Waals surface area contributed by atoms with Gasteiger partial charge in [0.25, 0.3) is 0 Å². The molecule has 0 radical (unpaired) electrons. The zero-order chi connectivity index (χ0) is 17.6. The lowest BCUT2D eigenvalue weighted by Crippen LogP contribution is -2.35. The van der Waals surface area contributed by atoms with E-state index in [1.807, 2.05) is 24.6 Å². The summed E-state index contributed by atoms with van der Waals surface area (Å²) in [4.78, 5) is 13.8. The number of nitrogens with one attached hydrogen (secondary N) is 1. The lowest BCUT2D eigenvalue weighted by Gasteiger charge is -2.33. The third-order valence-electron chi connectivity index (χ3n) is 4.87. The number of anilines is 1. The molecule has 130 valence electrons. The largest absolute Gasteiger partial charge is 0.365 e. The molecular weight excluding hydrogens is 312 g/mol. The Morgan fingerprint density at radius 3 is 2.80 bits per heavy atom. The normalized spacial score (nSPS) is 15.8. The first-order chi connectivity index (χ1) is 11.9. The first-order valence-corrected chi connectivity index (χ1v) is 8.86. The van der Waals surface area contributed by atoms with E-state index in [2.05, 4.69) is 46.4 Å². The Balaban J connectivity index is 1.54.